The minimum atomic E-state index is -3.74. The summed E-state index contributed by atoms with van der Waals surface area (Å²) in [4.78, 5) is 16.5. The summed E-state index contributed by atoms with van der Waals surface area (Å²) in [7, 11) is -3.74. The van der Waals surface area contributed by atoms with Gasteiger partial charge in [-0.1, -0.05) is 17.7 Å². The summed E-state index contributed by atoms with van der Waals surface area (Å²) in [6.07, 6.45) is 1.89. The average molecular weight is 484 g/mol. The third-order valence-corrected chi connectivity index (χ3v) is 8.13. The maximum atomic E-state index is 14.2. The SMILES string of the molecule is O=C(CN(Cc1c(F)cccc1Cl)C1CC1)N1CCN(S(=O)(=O)c2ccc(F)cc2)CC1. The molecule has 10 heteroatoms. The molecular formula is C22H24ClF2N3O3S. The maximum absolute atomic E-state index is 14.2. The molecule has 0 N–H and O–H groups in total. The zero-order valence-corrected chi connectivity index (χ0v) is 19.0. The van der Waals surface area contributed by atoms with E-state index in [-0.39, 0.29) is 56.1 Å². The first-order valence-electron chi connectivity index (χ1n) is 10.5. The van der Waals surface area contributed by atoms with Crippen molar-refractivity contribution in [2.75, 3.05) is 32.7 Å². The predicted molar refractivity (Wildman–Crippen MR) is 117 cm³/mol. The molecule has 0 spiro atoms. The van der Waals surface area contributed by atoms with E-state index in [1.807, 2.05) is 4.90 Å². The van der Waals surface area contributed by atoms with Crippen molar-refractivity contribution in [3.63, 3.8) is 0 Å². The van der Waals surface area contributed by atoms with Gasteiger partial charge in [0.25, 0.3) is 0 Å². The second-order valence-corrected chi connectivity index (χ2v) is 10.4. The highest BCUT2D eigenvalue weighted by Crippen LogP contribution is 2.30. The lowest BCUT2D eigenvalue weighted by atomic mass is 10.2. The van der Waals surface area contributed by atoms with Gasteiger partial charge in [-0.05, 0) is 49.2 Å². The Bertz CT molecular complexity index is 1070. The van der Waals surface area contributed by atoms with Crippen molar-refractivity contribution in [3.05, 3.63) is 64.7 Å². The molecule has 0 radical (unpaired) electrons. The fourth-order valence-corrected chi connectivity index (χ4v) is 5.49. The Kier molecular flexibility index (Phi) is 6.80. The van der Waals surface area contributed by atoms with E-state index in [0.717, 1.165) is 25.0 Å². The highest BCUT2D eigenvalue weighted by atomic mass is 35.5. The van der Waals surface area contributed by atoms with Crippen molar-refractivity contribution in [1.29, 1.82) is 0 Å². The minimum absolute atomic E-state index is 0.0281. The molecule has 1 aliphatic carbocycles. The van der Waals surface area contributed by atoms with Crippen molar-refractivity contribution in [2.24, 2.45) is 0 Å². The summed E-state index contributed by atoms with van der Waals surface area (Å²) < 4.78 is 54.2. The Morgan fingerprint density at radius 3 is 2.28 bits per heavy atom. The lowest BCUT2D eigenvalue weighted by Crippen LogP contribution is -2.52. The van der Waals surface area contributed by atoms with E-state index in [0.29, 0.717) is 10.6 Å². The molecule has 32 heavy (non-hydrogen) atoms. The van der Waals surface area contributed by atoms with Crippen molar-refractivity contribution in [2.45, 2.75) is 30.3 Å². The Morgan fingerprint density at radius 1 is 1.03 bits per heavy atom. The molecule has 1 aliphatic heterocycles. The van der Waals surface area contributed by atoms with Crippen LogP contribution in [0.4, 0.5) is 8.78 Å². The molecule has 4 rings (SSSR count). The molecule has 2 aromatic rings. The Hall–Kier alpha value is -2.07. The lowest BCUT2D eigenvalue weighted by molar-refractivity contribution is -0.133. The molecule has 2 aliphatic rings. The lowest BCUT2D eigenvalue weighted by Gasteiger charge is -2.35. The fourth-order valence-electron chi connectivity index (χ4n) is 3.85. The number of hydrogen-bond donors (Lipinski definition) is 0. The van der Waals surface area contributed by atoms with Gasteiger partial charge in [-0.2, -0.15) is 4.31 Å². The van der Waals surface area contributed by atoms with Crippen LogP contribution in [-0.2, 0) is 21.4 Å². The van der Waals surface area contributed by atoms with Gasteiger partial charge in [0.2, 0.25) is 15.9 Å². The van der Waals surface area contributed by atoms with Crippen molar-refractivity contribution < 1.29 is 22.0 Å². The van der Waals surface area contributed by atoms with Gasteiger partial charge >= 0.3 is 0 Å². The van der Waals surface area contributed by atoms with E-state index < -0.39 is 21.7 Å². The summed E-state index contributed by atoms with van der Waals surface area (Å²) in [6.45, 7) is 1.22. The van der Waals surface area contributed by atoms with Crippen molar-refractivity contribution in [3.8, 4) is 0 Å². The van der Waals surface area contributed by atoms with Crippen LogP contribution in [0, 0.1) is 11.6 Å². The molecule has 172 valence electrons. The number of amides is 1. The van der Waals surface area contributed by atoms with Crippen LogP contribution < -0.4 is 0 Å². The highest BCUT2D eigenvalue weighted by Gasteiger charge is 2.34. The van der Waals surface area contributed by atoms with Gasteiger partial charge in [-0.15, -0.1) is 0 Å². The highest BCUT2D eigenvalue weighted by molar-refractivity contribution is 7.89. The van der Waals surface area contributed by atoms with Crippen LogP contribution in [0.15, 0.2) is 47.4 Å². The molecule has 0 aromatic heterocycles. The molecule has 0 bridgehead atoms. The van der Waals surface area contributed by atoms with E-state index in [1.165, 1.54) is 22.5 Å². The van der Waals surface area contributed by atoms with Crippen LogP contribution in [-0.4, -0.2) is 67.2 Å². The summed E-state index contributed by atoms with van der Waals surface area (Å²) in [5, 5.41) is 0.336. The summed E-state index contributed by atoms with van der Waals surface area (Å²) >= 11 is 6.16. The number of carbonyl (C=O) groups is 1. The minimum Gasteiger partial charge on any atom is -0.339 e. The second kappa shape index (κ2) is 9.43. The zero-order valence-electron chi connectivity index (χ0n) is 17.4. The summed E-state index contributed by atoms with van der Waals surface area (Å²) in [6, 6.07) is 9.46. The second-order valence-electron chi connectivity index (χ2n) is 8.08. The molecule has 1 saturated carbocycles. The van der Waals surface area contributed by atoms with E-state index in [1.54, 1.807) is 17.0 Å². The Morgan fingerprint density at radius 2 is 1.69 bits per heavy atom. The monoisotopic (exact) mass is 483 g/mol. The normalized spacial score (nSPS) is 17.7. The molecule has 0 atom stereocenters. The number of piperazine rings is 1. The fraction of sp³-hybridized carbons (Fsp3) is 0.409. The van der Waals surface area contributed by atoms with Gasteiger partial charge in [0.15, 0.2) is 0 Å². The maximum Gasteiger partial charge on any atom is 0.243 e. The van der Waals surface area contributed by atoms with Gasteiger partial charge in [0, 0.05) is 49.4 Å². The smallest absolute Gasteiger partial charge is 0.243 e. The van der Waals surface area contributed by atoms with Crippen molar-refractivity contribution >= 4 is 27.5 Å². The number of benzene rings is 2. The first-order chi connectivity index (χ1) is 15.3. The van der Waals surface area contributed by atoms with E-state index in [4.69, 9.17) is 11.6 Å². The van der Waals surface area contributed by atoms with E-state index >= 15 is 0 Å². The largest absolute Gasteiger partial charge is 0.339 e. The quantitative estimate of drug-likeness (QED) is 0.607. The molecule has 2 fully saturated rings. The first kappa shape index (κ1) is 23.1. The van der Waals surface area contributed by atoms with Gasteiger partial charge in [-0.25, -0.2) is 17.2 Å². The first-order valence-corrected chi connectivity index (χ1v) is 12.3. The van der Waals surface area contributed by atoms with Gasteiger partial charge < -0.3 is 4.90 Å². The summed E-state index contributed by atoms with van der Waals surface area (Å²) in [5.74, 6) is -1.02. The van der Waals surface area contributed by atoms with Gasteiger partial charge in [-0.3, -0.25) is 9.69 Å². The molecule has 1 saturated heterocycles. The van der Waals surface area contributed by atoms with Crippen LogP contribution >= 0.6 is 11.6 Å². The van der Waals surface area contributed by atoms with Crippen molar-refractivity contribution in [1.82, 2.24) is 14.1 Å². The molecule has 0 unspecified atom stereocenters. The number of halogens is 3. The number of rotatable bonds is 7. The van der Waals surface area contributed by atoms with E-state index in [9.17, 15) is 22.0 Å². The van der Waals surface area contributed by atoms with Gasteiger partial charge in [0.1, 0.15) is 11.6 Å². The average Bonchev–Trinajstić information content (AvgIpc) is 3.61. The Labute approximate surface area is 191 Å². The molecule has 6 nitrogen and oxygen atoms in total. The molecule has 1 heterocycles. The van der Waals surface area contributed by atoms with Gasteiger partial charge in [0.05, 0.1) is 11.4 Å². The molecule has 1 amide bonds. The predicted octanol–water partition coefficient (Wildman–Crippen LogP) is 3.12. The standard InChI is InChI=1S/C22H24ClF2N3O3S/c23-20-2-1-3-21(25)19(20)14-27(17-6-7-17)15-22(29)26-10-12-28(13-11-26)32(30,31)18-8-4-16(24)5-9-18/h1-5,8-9,17H,6-7,10-15H2. The topological polar surface area (TPSA) is 60.9 Å². The third kappa shape index (κ3) is 5.11. The van der Waals surface area contributed by atoms with Crippen LogP contribution in [0.5, 0.6) is 0 Å². The number of hydrogen-bond acceptors (Lipinski definition) is 4. The number of nitrogens with zero attached hydrogens (tertiary/aromatic N) is 3. The Balaban J connectivity index is 1.37. The van der Waals surface area contributed by atoms with Crippen LogP contribution in [0.1, 0.15) is 18.4 Å². The number of sulfonamides is 1. The van der Waals surface area contributed by atoms with Crippen LogP contribution in [0.2, 0.25) is 5.02 Å². The van der Waals surface area contributed by atoms with Crippen LogP contribution in [0.25, 0.3) is 0 Å². The molecule has 2 aromatic carbocycles. The number of carbonyl (C=O) groups excluding carboxylic acids is 1. The zero-order chi connectivity index (χ0) is 22.9. The third-order valence-electron chi connectivity index (χ3n) is 5.87. The van der Waals surface area contributed by atoms with E-state index in [2.05, 4.69) is 0 Å². The summed E-state index contributed by atoms with van der Waals surface area (Å²) in [5.41, 5.74) is 0.379. The van der Waals surface area contributed by atoms with Crippen LogP contribution in [0.3, 0.4) is 0 Å². The molecular weight excluding hydrogens is 460 g/mol.